The lowest BCUT2D eigenvalue weighted by Gasteiger charge is -2.32. The van der Waals surface area contributed by atoms with E-state index >= 15 is 0 Å². The van der Waals surface area contributed by atoms with Crippen LogP contribution in [-0.4, -0.2) is 39.5 Å². The van der Waals surface area contributed by atoms with Crippen LogP contribution in [-0.2, 0) is 19.5 Å². The van der Waals surface area contributed by atoms with Crippen molar-refractivity contribution < 1.29 is 0 Å². The zero-order valence-electron chi connectivity index (χ0n) is 16.7. The van der Waals surface area contributed by atoms with Gasteiger partial charge in [-0.05, 0) is 38.0 Å². The highest BCUT2D eigenvalue weighted by Gasteiger charge is 2.24. The molecule has 3 heterocycles. The van der Waals surface area contributed by atoms with Crippen molar-refractivity contribution in [3.8, 4) is 11.4 Å². The zero-order valence-corrected chi connectivity index (χ0v) is 16.7. The topological polar surface area (TPSA) is 45.2 Å². The molecule has 3 aromatic rings. The Bertz CT molecular complexity index is 907. The standard InChI is InChI=1S/C23H27N5/c1-3-28(4-2)23-20-12-14-27(16-18-9-6-5-7-10-18)17-21(20)25-22(26-23)19-11-8-13-24-15-19/h5-11,13,15H,3-4,12,14,16-17H2,1-2H3. The molecule has 4 rings (SSSR count). The first-order chi connectivity index (χ1) is 13.8. The molecule has 28 heavy (non-hydrogen) atoms. The molecule has 0 N–H and O–H groups in total. The zero-order chi connectivity index (χ0) is 19.3. The van der Waals surface area contributed by atoms with Gasteiger partial charge in [0.05, 0.1) is 5.69 Å². The molecule has 144 valence electrons. The highest BCUT2D eigenvalue weighted by atomic mass is 15.2. The van der Waals surface area contributed by atoms with Gasteiger partial charge in [0, 0.05) is 56.2 Å². The van der Waals surface area contributed by atoms with Gasteiger partial charge in [0.2, 0.25) is 0 Å². The molecular weight excluding hydrogens is 346 g/mol. The van der Waals surface area contributed by atoms with Crippen LogP contribution in [0.4, 0.5) is 5.82 Å². The molecule has 0 aliphatic carbocycles. The third kappa shape index (κ3) is 3.90. The number of hydrogen-bond acceptors (Lipinski definition) is 5. The van der Waals surface area contributed by atoms with Crippen LogP contribution in [0, 0.1) is 0 Å². The van der Waals surface area contributed by atoms with Crippen molar-refractivity contribution in [3.05, 3.63) is 71.7 Å². The summed E-state index contributed by atoms with van der Waals surface area (Å²) in [4.78, 5) is 19.0. The molecule has 5 heteroatoms. The Morgan fingerprint density at radius 1 is 1.00 bits per heavy atom. The quantitative estimate of drug-likeness (QED) is 0.655. The van der Waals surface area contributed by atoms with Gasteiger partial charge >= 0.3 is 0 Å². The summed E-state index contributed by atoms with van der Waals surface area (Å²) < 4.78 is 0. The van der Waals surface area contributed by atoms with Crippen molar-refractivity contribution in [1.82, 2.24) is 19.9 Å². The molecule has 0 amide bonds. The molecule has 0 saturated heterocycles. The van der Waals surface area contributed by atoms with Gasteiger partial charge in [-0.2, -0.15) is 0 Å². The first-order valence-electron chi connectivity index (χ1n) is 10.1. The van der Waals surface area contributed by atoms with E-state index in [2.05, 4.69) is 59.0 Å². The fourth-order valence-corrected chi connectivity index (χ4v) is 3.85. The summed E-state index contributed by atoms with van der Waals surface area (Å²) in [5.41, 5.74) is 4.77. The van der Waals surface area contributed by atoms with Gasteiger partial charge in [-0.25, -0.2) is 9.97 Å². The normalized spacial score (nSPS) is 13.9. The number of fused-ring (bicyclic) bond motifs is 1. The Balaban J connectivity index is 1.70. The fourth-order valence-electron chi connectivity index (χ4n) is 3.85. The van der Waals surface area contributed by atoms with Gasteiger partial charge in [-0.1, -0.05) is 30.3 Å². The minimum absolute atomic E-state index is 0.773. The second-order valence-corrected chi connectivity index (χ2v) is 7.16. The Labute approximate surface area is 167 Å². The third-order valence-electron chi connectivity index (χ3n) is 5.35. The molecule has 5 nitrogen and oxygen atoms in total. The second-order valence-electron chi connectivity index (χ2n) is 7.16. The molecule has 1 aliphatic heterocycles. The van der Waals surface area contributed by atoms with E-state index in [-0.39, 0.29) is 0 Å². The minimum atomic E-state index is 0.773. The van der Waals surface area contributed by atoms with Crippen LogP contribution in [0.3, 0.4) is 0 Å². The number of pyridine rings is 1. The van der Waals surface area contributed by atoms with Gasteiger partial charge < -0.3 is 4.90 Å². The molecular formula is C23H27N5. The number of anilines is 1. The van der Waals surface area contributed by atoms with Crippen LogP contribution in [0.25, 0.3) is 11.4 Å². The monoisotopic (exact) mass is 373 g/mol. The molecule has 0 unspecified atom stereocenters. The highest BCUT2D eigenvalue weighted by Crippen LogP contribution is 2.29. The van der Waals surface area contributed by atoms with Gasteiger partial charge in [0.25, 0.3) is 0 Å². The summed E-state index contributed by atoms with van der Waals surface area (Å²) in [5.74, 6) is 1.86. The van der Waals surface area contributed by atoms with Crippen molar-refractivity contribution in [2.24, 2.45) is 0 Å². The van der Waals surface area contributed by atoms with E-state index in [4.69, 9.17) is 9.97 Å². The first kappa shape index (κ1) is 18.6. The van der Waals surface area contributed by atoms with Crippen LogP contribution in [0.2, 0.25) is 0 Å². The maximum absolute atomic E-state index is 4.97. The highest BCUT2D eigenvalue weighted by molar-refractivity contribution is 5.60. The van der Waals surface area contributed by atoms with E-state index < -0.39 is 0 Å². The summed E-state index contributed by atoms with van der Waals surface area (Å²) in [6.07, 6.45) is 4.62. The summed E-state index contributed by atoms with van der Waals surface area (Å²) in [6.45, 7) is 9.10. The lowest BCUT2D eigenvalue weighted by molar-refractivity contribution is 0.241. The molecule has 0 saturated carbocycles. The average molecular weight is 374 g/mol. The predicted molar refractivity (Wildman–Crippen MR) is 113 cm³/mol. The Morgan fingerprint density at radius 3 is 2.54 bits per heavy atom. The third-order valence-corrected chi connectivity index (χ3v) is 5.35. The maximum atomic E-state index is 4.97. The van der Waals surface area contributed by atoms with E-state index in [0.29, 0.717) is 0 Å². The number of benzene rings is 1. The average Bonchev–Trinajstić information content (AvgIpc) is 2.75. The van der Waals surface area contributed by atoms with E-state index in [0.717, 1.165) is 62.0 Å². The summed E-state index contributed by atoms with van der Waals surface area (Å²) in [7, 11) is 0. The first-order valence-corrected chi connectivity index (χ1v) is 10.1. The summed E-state index contributed by atoms with van der Waals surface area (Å²) in [6, 6.07) is 14.6. The molecule has 0 atom stereocenters. The van der Waals surface area contributed by atoms with E-state index in [1.54, 1.807) is 6.20 Å². The van der Waals surface area contributed by atoms with Gasteiger partial charge in [0.15, 0.2) is 5.82 Å². The lowest BCUT2D eigenvalue weighted by atomic mass is 10.0. The van der Waals surface area contributed by atoms with Crippen molar-refractivity contribution >= 4 is 5.82 Å². The summed E-state index contributed by atoms with van der Waals surface area (Å²) >= 11 is 0. The molecule has 0 fully saturated rings. The minimum Gasteiger partial charge on any atom is -0.357 e. The van der Waals surface area contributed by atoms with Crippen LogP contribution in [0.1, 0.15) is 30.7 Å². The van der Waals surface area contributed by atoms with Crippen LogP contribution < -0.4 is 4.90 Å². The molecule has 0 bridgehead atoms. The largest absolute Gasteiger partial charge is 0.357 e. The van der Waals surface area contributed by atoms with E-state index in [1.165, 1.54) is 11.1 Å². The molecule has 1 aliphatic rings. The molecule has 1 aromatic carbocycles. The molecule has 0 spiro atoms. The SMILES string of the molecule is CCN(CC)c1nc(-c2cccnc2)nc2c1CCN(Cc1ccccc1)C2. The number of aromatic nitrogens is 3. The molecule has 2 aromatic heterocycles. The number of hydrogen-bond donors (Lipinski definition) is 0. The van der Waals surface area contributed by atoms with Crippen LogP contribution in [0.15, 0.2) is 54.9 Å². The predicted octanol–water partition coefficient (Wildman–Crippen LogP) is 3.94. The fraction of sp³-hybridized carbons (Fsp3) is 0.348. The number of rotatable bonds is 6. The van der Waals surface area contributed by atoms with Gasteiger partial charge in [-0.3, -0.25) is 9.88 Å². The maximum Gasteiger partial charge on any atom is 0.163 e. The second kappa shape index (κ2) is 8.48. The smallest absolute Gasteiger partial charge is 0.163 e. The number of nitrogens with zero attached hydrogens (tertiary/aromatic N) is 5. The van der Waals surface area contributed by atoms with Crippen molar-refractivity contribution in [3.63, 3.8) is 0 Å². The van der Waals surface area contributed by atoms with Gasteiger partial charge in [-0.15, -0.1) is 0 Å². The van der Waals surface area contributed by atoms with E-state index in [1.807, 2.05) is 18.3 Å². The van der Waals surface area contributed by atoms with Crippen molar-refractivity contribution in [2.45, 2.75) is 33.4 Å². The van der Waals surface area contributed by atoms with Gasteiger partial charge in [0.1, 0.15) is 5.82 Å². The van der Waals surface area contributed by atoms with Crippen molar-refractivity contribution in [1.29, 1.82) is 0 Å². The van der Waals surface area contributed by atoms with Crippen molar-refractivity contribution in [2.75, 3.05) is 24.5 Å². The lowest BCUT2D eigenvalue weighted by Crippen LogP contribution is -2.34. The summed E-state index contributed by atoms with van der Waals surface area (Å²) in [5, 5.41) is 0. The van der Waals surface area contributed by atoms with Crippen LogP contribution >= 0.6 is 0 Å². The Kier molecular flexibility index (Phi) is 5.63. The molecule has 0 radical (unpaired) electrons. The Hall–Kier alpha value is -2.79. The van der Waals surface area contributed by atoms with E-state index in [9.17, 15) is 0 Å². The van der Waals surface area contributed by atoms with Crippen LogP contribution in [0.5, 0.6) is 0 Å². The Morgan fingerprint density at radius 2 is 1.82 bits per heavy atom.